The minimum absolute atomic E-state index is 0.420. The molecule has 1 fully saturated rings. The number of furan rings is 1. The molecule has 1 saturated heterocycles. The first-order valence-electron chi connectivity index (χ1n) is 6.25. The van der Waals surface area contributed by atoms with Crippen molar-refractivity contribution in [1.29, 1.82) is 0 Å². The zero-order valence-electron chi connectivity index (χ0n) is 10.6. The van der Waals surface area contributed by atoms with Crippen molar-refractivity contribution in [3.63, 3.8) is 0 Å². The molecule has 19 heavy (non-hydrogen) atoms. The fraction of sp³-hybridized carbons (Fsp3) is 0.500. The molecule has 102 valence electrons. The number of rotatable bonds is 3. The molecule has 1 aliphatic heterocycles. The molecule has 1 atom stereocenters. The van der Waals surface area contributed by atoms with Crippen molar-refractivity contribution in [2.45, 2.75) is 19.5 Å². The SMILES string of the molecule is C[C@@H]1CNCCN1Cc1nnc(-c2ccc(Br)o2)o1. The Kier molecular flexibility index (Phi) is 3.67. The molecule has 0 amide bonds. The van der Waals surface area contributed by atoms with E-state index in [-0.39, 0.29) is 0 Å². The predicted molar refractivity (Wildman–Crippen MR) is 72.4 cm³/mol. The van der Waals surface area contributed by atoms with Crippen molar-refractivity contribution in [1.82, 2.24) is 20.4 Å². The van der Waals surface area contributed by atoms with Crippen molar-refractivity contribution in [2.75, 3.05) is 19.6 Å². The highest BCUT2D eigenvalue weighted by Crippen LogP contribution is 2.24. The zero-order valence-corrected chi connectivity index (χ0v) is 12.2. The highest BCUT2D eigenvalue weighted by molar-refractivity contribution is 9.10. The summed E-state index contributed by atoms with van der Waals surface area (Å²) < 4.78 is 11.7. The maximum atomic E-state index is 5.64. The first kappa shape index (κ1) is 12.8. The maximum absolute atomic E-state index is 5.64. The van der Waals surface area contributed by atoms with Crippen LogP contribution < -0.4 is 5.32 Å². The third kappa shape index (κ3) is 2.88. The number of piperazine rings is 1. The van der Waals surface area contributed by atoms with Crippen LogP contribution >= 0.6 is 15.9 Å². The van der Waals surface area contributed by atoms with Crippen molar-refractivity contribution in [3.8, 4) is 11.7 Å². The molecular formula is C12H15BrN4O2. The summed E-state index contributed by atoms with van der Waals surface area (Å²) in [5.74, 6) is 1.62. The van der Waals surface area contributed by atoms with Crippen LogP contribution in [0.15, 0.2) is 25.6 Å². The lowest BCUT2D eigenvalue weighted by molar-refractivity contribution is 0.151. The van der Waals surface area contributed by atoms with Crippen LogP contribution in [0.4, 0.5) is 0 Å². The second-order valence-corrected chi connectivity index (χ2v) is 5.41. The van der Waals surface area contributed by atoms with E-state index < -0.39 is 0 Å². The van der Waals surface area contributed by atoms with E-state index in [1.54, 1.807) is 12.1 Å². The molecule has 0 aromatic carbocycles. The standard InChI is InChI=1S/C12H15BrN4O2/c1-8-6-14-4-5-17(8)7-11-15-16-12(19-11)9-2-3-10(13)18-9/h2-3,8,14H,4-7H2,1H3/t8-/m1/s1. The van der Waals surface area contributed by atoms with Crippen molar-refractivity contribution < 1.29 is 8.83 Å². The second-order valence-electron chi connectivity index (χ2n) is 4.63. The minimum Gasteiger partial charge on any atom is -0.444 e. The molecular weight excluding hydrogens is 312 g/mol. The van der Waals surface area contributed by atoms with Crippen molar-refractivity contribution >= 4 is 15.9 Å². The number of nitrogens with one attached hydrogen (secondary N) is 1. The Balaban J connectivity index is 1.71. The summed E-state index contributed by atoms with van der Waals surface area (Å²) in [6.07, 6.45) is 0. The third-order valence-electron chi connectivity index (χ3n) is 3.23. The van der Waals surface area contributed by atoms with Gasteiger partial charge < -0.3 is 14.2 Å². The molecule has 0 radical (unpaired) electrons. The van der Waals surface area contributed by atoms with E-state index in [0.717, 1.165) is 19.6 Å². The highest BCUT2D eigenvalue weighted by Gasteiger charge is 2.21. The van der Waals surface area contributed by atoms with E-state index in [1.165, 1.54) is 0 Å². The van der Waals surface area contributed by atoms with E-state index in [4.69, 9.17) is 8.83 Å². The summed E-state index contributed by atoms with van der Waals surface area (Å²) in [6.45, 7) is 5.85. The van der Waals surface area contributed by atoms with Crippen LogP contribution in [0.2, 0.25) is 0 Å². The Morgan fingerprint density at radius 3 is 3.05 bits per heavy atom. The molecule has 7 heteroatoms. The van der Waals surface area contributed by atoms with Crippen LogP contribution in [0.3, 0.4) is 0 Å². The topological polar surface area (TPSA) is 67.3 Å². The Morgan fingerprint density at radius 2 is 2.32 bits per heavy atom. The zero-order chi connectivity index (χ0) is 13.2. The summed E-state index contributed by atoms with van der Waals surface area (Å²) in [5.41, 5.74) is 0. The Hall–Kier alpha value is -1.18. The van der Waals surface area contributed by atoms with Gasteiger partial charge in [-0.3, -0.25) is 4.90 Å². The molecule has 2 aromatic heterocycles. The van der Waals surface area contributed by atoms with Crippen LogP contribution in [0.5, 0.6) is 0 Å². The van der Waals surface area contributed by atoms with E-state index in [9.17, 15) is 0 Å². The van der Waals surface area contributed by atoms with Gasteiger partial charge in [-0.25, -0.2) is 0 Å². The smallest absolute Gasteiger partial charge is 0.283 e. The van der Waals surface area contributed by atoms with Gasteiger partial charge in [0.25, 0.3) is 5.89 Å². The maximum Gasteiger partial charge on any atom is 0.283 e. The number of hydrogen-bond acceptors (Lipinski definition) is 6. The number of halogens is 1. The first-order valence-corrected chi connectivity index (χ1v) is 7.04. The molecule has 0 unspecified atom stereocenters. The van der Waals surface area contributed by atoms with Gasteiger partial charge in [0, 0.05) is 25.7 Å². The van der Waals surface area contributed by atoms with E-state index in [1.807, 2.05) is 0 Å². The third-order valence-corrected chi connectivity index (χ3v) is 3.65. The lowest BCUT2D eigenvalue weighted by Crippen LogP contribution is -2.49. The molecule has 2 aromatic rings. The van der Waals surface area contributed by atoms with E-state index >= 15 is 0 Å². The highest BCUT2D eigenvalue weighted by atomic mass is 79.9. The molecule has 0 aliphatic carbocycles. The summed E-state index contributed by atoms with van der Waals surface area (Å²) in [6, 6.07) is 4.08. The summed E-state index contributed by atoms with van der Waals surface area (Å²) in [4.78, 5) is 2.33. The Labute approximate surface area is 119 Å². The quantitative estimate of drug-likeness (QED) is 0.929. The molecule has 1 aliphatic rings. The Morgan fingerprint density at radius 1 is 1.42 bits per heavy atom. The monoisotopic (exact) mass is 326 g/mol. The molecule has 0 spiro atoms. The van der Waals surface area contributed by atoms with Gasteiger partial charge in [-0.1, -0.05) is 0 Å². The summed E-state index contributed by atoms with van der Waals surface area (Å²) in [7, 11) is 0. The van der Waals surface area contributed by atoms with Gasteiger partial charge in [-0.15, -0.1) is 10.2 Å². The largest absolute Gasteiger partial charge is 0.444 e. The van der Waals surface area contributed by atoms with Gasteiger partial charge in [-0.05, 0) is 35.0 Å². The number of hydrogen-bond donors (Lipinski definition) is 1. The van der Waals surface area contributed by atoms with Crippen LogP contribution in [-0.4, -0.2) is 40.8 Å². The van der Waals surface area contributed by atoms with Crippen LogP contribution in [-0.2, 0) is 6.54 Å². The second kappa shape index (κ2) is 5.44. The molecule has 0 saturated carbocycles. The van der Waals surface area contributed by atoms with Gasteiger partial charge in [-0.2, -0.15) is 0 Å². The van der Waals surface area contributed by atoms with Gasteiger partial charge in [0.15, 0.2) is 10.4 Å². The Bertz CT molecular complexity index is 553. The average Bonchev–Trinajstić information content (AvgIpc) is 3.01. The fourth-order valence-corrected chi connectivity index (χ4v) is 2.44. The summed E-state index contributed by atoms with van der Waals surface area (Å²) >= 11 is 3.25. The minimum atomic E-state index is 0.420. The lowest BCUT2D eigenvalue weighted by Gasteiger charge is -2.32. The van der Waals surface area contributed by atoms with Gasteiger partial charge in [0.05, 0.1) is 6.54 Å². The number of nitrogens with zero attached hydrogens (tertiary/aromatic N) is 3. The van der Waals surface area contributed by atoms with E-state index in [0.29, 0.717) is 34.8 Å². The van der Waals surface area contributed by atoms with Gasteiger partial charge in [0.1, 0.15) is 0 Å². The number of aromatic nitrogens is 2. The van der Waals surface area contributed by atoms with Crippen LogP contribution in [0.25, 0.3) is 11.7 Å². The molecule has 1 N–H and O–H groups in total. The van der Waals surface area contributed by atoms with Gasteiger partial charge >= 0.3 is 0 Å². The normalized spacial score (nSPS) is 20.8. The lowest BCUT2D eigenvalue weighted by atomic mass is 10.2. The molecule has 6 nitrogen and oxygen atoms in total. The fourth-order valence-electron chi connectivity index (χ4n) is 2.14. The van der Waals surface area contributed by atoms with Crippen LogP contribution in [0.1, 0.15) is 12.8 Å². The molecule has 3 rings (SSSR count). The van der Waals surface area contributed by atoms with Gasteiger partial charge in [0.2, 0.25) is 5.89 Å². The molecule has 3 heterocycles. The first-order chi connectivity index (χ1) is 9.22. The van der Waals surface area contributed by atoms with E-state index in [2.05, 4.69) is 43.3 Å². The van der Waals surface area contributed by atoms with Crippen LogP contribution in [0, 0.1) is 0 Å². The average molecular weight is 327 g/mol. The molecule has 0 bridgehead atoms. The van der Waals surface area contributed by atoms with Crippen molar-refractivity contribution in [2.24, 2.45) is 0 Å². The van der Waals surface area contributed by atoms with Crippen molar-refractivity contribution in [3.05, 3.63) is 22.7 Å². The summed E-state index contributed by atoms with van der Waals surface area (Å²) in [5, 5.41) is 11.4. The predicted octanol–water partition coefficient (Wildman–Crippen LogP) is 1.89.